The molecule has 0 radical (unpaired) electrons. The monoisotopic (exact) mass is 218 g/mol. The number of carbonyl (C=O) groups is 1. The molecule has 86 valence electrons. The van der Waals surface area contributed by atoms with Crippen molar-refractivity contribution in [3.05, 3.63) is 35.9 Å². The van der Waals surface area contributed by atoms with E-state index in [-0.39, 0.29) is 5.78 Å². The van der Waals surface area contributed by atoms with E-state index in [2.05, 4.69) is 19.1 Å². The highest BCUT2D eigenvalue weighted by Gasteiger charge is 2.29. The minimum absolute atomic E-state index is 0.200. The van der Waals surface area contributed by atoms with E-state index in [0.717, 1.165) is 6.42 Å². The SMILES string of the molecule is CC(c1ccccc1)C1CC(=O)CC(O)C1. The lowest BCUT2D eigenvalue weighted by molar-refractivity contribution is -0.125. The number of hydrogen-bond donors (Lipinski definition) is 1. The van der Waals surface area contributed by atoms with Gasteiger partial charge in [0.05, 0.1) is 6.10 Å². The van der Waals surface area contributed by atoms with Crippen molar-refractivity contribution >= 4 is 5.78 Å². The van der Waals surface area contributed by atoms with Crippen molar-refractivity contribution in [2.24, 2.45) is 5.92 Å². The lowest BCUT2D eigenvalue weighted by Gasteiger charge is -2.30. The first-order valence-corrected chi connectivity index (χ1v) is 5.91. The summed E-state index contributed by atoms with van der Waals surface area (Å²) >= 11 is 0. The second-order valence-corrected chi connectivity index (χ2v) is 4.80. The lowest BCUT2D eigenvalue weighted by Crippen LogP contribution is -2.29. The van der Waals surface area contributed by atoms with Gasteiger partial charge in [-0.2, -0.15) is 0 Å². The van der Waals surface area contributed by atoms with Crippen LogP contribution in [0.5, 0.6) is 0 Å². The van der Waals surface area contributed by atoms with Crippen LogP contribution in [0.3, 0.4) is 0 Å². The highest BCUT2D eigenvalue weighted by atomic mass is 16.3. The number of aliphatic hydroxyl groups excluding tert-OH is 1. The molecule has 16 heavy (non-hydrogen) atoms. The predicted molar refractivity (Wildman–Crippen MR) is 63.2 cm³/mol. The fraction of sp³-hybridized carbons (Fsp3) is 0.500. The van der Waals surface area contributed by atoms with Gasteiger partial charge in [0.25, 0.3) is 0 Å². The molecule has 0 bridgehead atoms. The minimum Gasteiger partial charge on any atom is -0.393 e. The van der Waals surface area contributed by atoms with E-state index < -0.39 is 6.10 Å². The van der Waals surface area contributed by atoms with Crippen molar-refractivity contribution in [2.45, 2.75) is 38.2 Å². The van der Waals surface area contributed by atoms with Crippen LogP contribution >= 0.6 is 0 Å². The Morgan fingerprint density at radius 1 is 1.25 bits per heavy atom. The van der Waals surface area contributed by atoms with Gasteiger partial charge in [-0.1, -0.05) is 37.3 Å². The molecule has 0 spiro atoms. The van der Waals surface area contributed by atoms with E-state index in [1.54, 1.807) is 0 Å². The van der Waals surface area contributed by atoms with Gasteiger partial charge < -0.3 is 5.11 Å². The van der Waals surface area contributed by atoms with Crippen LogP contribution in [0.2, 0.25) is 0 Å². The molecule has 1 aromatic carbocycles. The molecule has 1 aliphatic carbocycles. The molecular formula is C14H18O2. The molecule has 0 aliphatic heterocycles. The van der Waals surface area contributed by atoms with Gasteiger partial charge in [0.2, 0.25) is 0 Å². The van der Waals surface area contributed by atoms with Gasteiger partial charge in [-0.05, 0) is 23.8 Å². The molecule has 0 saturated heterocycles. The Labute approximate surface area is 96.3 Å². The summed E-state index contributed by atoms with van der Waals surface area (Å²) in [7, 11) is 0. The van der Waals surface area contributed by atoms with Crippen LogP contribution in [0.4, 0.5) is 0 Å². The zero-order valence-electron chi connectivity index (χ0n) is 9.60. The summed E-state index contributed by atoms with van der Waals surface area (Å²) in [6.07, 6.45) is 1.28. The number of rotatable bonds is 2. The normalized spacial score (nSPS) is 27.8. The van der Waals surface area contributed by atoms with Crippen molar-refractivity contribution in [1.82, 2.24) is 0 Å². The van der Waals surface area contributed by atoms with Crippen LogP contribution in [-0.4, -0.2) is 17.0 Å². The topological polar surface area (TPSA) is 37.3 Å². The first-order chi connectivity index (χ1) is 7.66. The average Bonchev–Trinajstić information content (AvgIpc) is 2.28. The van der Waals surface area contributed by atoms with Crippen molar-refractivity contribution < 1.29 is 9.90 Å². The van der Waals surface area contributed by atoms with E-state index in [9.17, 15) is 9.90 Å². The maximum atomic E-state index is 11.5. The molecular weight excluding hydrogens is 200 g/mol. The second-order valence-electron chi connectivity index (χ2n) is 4.80. The molecule has 1 aliphatic rings. The Balaban J connectivity index is 2.10. The molecule has 1 aromatic rings. The number of ketones is 1. The van der Waals surface area contributed by atoms with Gasteiger partial charge in [-0.25, -0.2) is 0 Å². The molecule has 3 atom stereocenters. The average molecular weight is 218 g/mol. The predicted octanol–water partition coefficient (Wildman–Crippen LogP) is 2.52. The fourth-order valence-corrected chi connectivity index (χ4v) is 2.56. The van der Waals surface area contributed by atoms with Crippen LogP contribution in [0.15, 0.2) is 30.3 Å². The van der Waals surface area contributed by atoms with Crippen LogP contribution < -0.4 is 0 Å². The molecule has 2 rings (SSSR count). The van der Waals surface area contributed by atoms with E-state index in [1.807, 2.05) is 18.2 Å². The van der Waals surface area contributed by atoms with Gasteiger partial charge in [-0.3, -0.25) is 4.79 Å². The summed E-state index contributed by atoms with van der Waals surface area (Å²) in [5.41, 5.74) is 1.26. The van der Waals surface area contributed by atoms with E-state index >= 15 is 0 Å². The summed E-state index contributed by atoms with van der Waals surface area (Å²) in [6, 6.07) is 10.2. The maximum absolute atomic E-state index is 11.5. The zero-order chi connectivity index (χ0) is 11.5. The van der Waals surface area contributed by atoms with E-state index in [1.165, 1.54) is 5.56 Å². The number of aliphatic hydroxyl groups is 1. The van der Waals surface area contributed by atoms with Crippen LogP contribution in [0.25, 0.3) is 0 Å². The molecule has 1 saturated carbocycles. The fourth-order valence-electron chi connectivity index (χ4n) is 2.56. The van der Waals surface area contributed by atoms with E-state index in [4.69, 9.17) is 0 Å². The summed E-state index contributed by atoms with van der Waals surface area (Å²) in [5, 5.41) is 9.62. The van der Waals surface area contributed by atoms with Gasteiger partial charge in [0.1, 0.15) is 5.78 Å². The maximum Gasteiger partial charge on any atom is 0.135 e. The molecule has 0 heterocycles. The van der Waals surface area contributed by atoms with Gasteiger partial charge in [0, 0.05) is 12.8 Å². The summed E-state index contributed by atoms with van der Waals surface area (Å²) in [4.78, 5) is 11.5. The van der Waals surface area contributed by atoms with Gasteiger partial charge >= 0.3 is 0 Å². The summed E-state index contributed by atoms with van der Waals surface area (Å²) in [5.74, 6) is 0.838. The number of Topliss-reactive ketones (excluding diaryl/α,β-unsaturated/α-hetero) is 1. The molecule has 1 N–H and O–H groups in total. The Hall–Kier alpha value is -1.15. The largest absolute Gasteiger partial charge is 0.393 e. The van der Waals surface area contributed by atoms with Crippen molar-refractivity contribution in [1.29, 1.82) is 0 Å². The third-order valence-electron chi connectivity index (χ3n) is 3.56. The van der Waals surface area contributed by atoms with Crippen LogP contribution in [0.1, 0.15) is 37.7 Å². The zero-order valence-corrected chi connectivity index (χ0v) is 9.60. The molecule has 1 fully saturated rings. The summed E-state index contributed by atoms with van der Waals surface area (Å²) < 4.78 is 0. The molecule has 0 amide bonds. The lowest BCUT2D eigenvalue weighted by atomic mass is 9.76. The van der Waals surface area contributed by atoms with Crippen molar-refractivity contribution in [2.75, 3.05) is 0 Å². The molecule has 0 aromatic heterocycles. The van der Waals surface area contributed by atoms with Crippen molar-refractivity contribution in [3.63, 3.8) is 0 Å². The first-order valence-electron chi connectivity index (χ1n) is 5.91. The number of carbonyl (C=O) groups excluding carboxylic acids is 1. The number of hydrogen-bond acceptors (Lipinski definition) is 2. The standard InChI is InChI=1S/C14H18O2/c1-10(11-5-3-2-4-6-11)12-7-13(15)9-14(16)8-12/h2-6,10,12-13,15H,7-9H2,1H3. The third-order valence-corrected chi connectivity index (χ3v) is 3.56. The highest BCUT2D eigenvalue weighted by molar-refractivity contribution is 5.80. The smallest absolute Gasteiger partial charge is 0.135 e. The van der Waals surface area contributed by atoms with Crippen LogP contribution in [0, 0.1) is 5.92 Å². The summed E-state index contributed by atoms with van der Waals surface area (Å²) in [6.45, 7) is 2.14. The van der Waals surface area contributed by atoms with Crippen LogP contribution in [-0.2, 0) is 4.79 Å². The molecule has 3 unspecified atom stereocenters. The minimum atomic E-state index is -0.433. The van der Waals surface area contributed by atoms with Crippen molar-refractivity contribution in [3.8, 4) is 0 Å². The van der Waals surface area contributed by atoms with Gasteiger partial charge in [0.15, 0.2) is 0 Å². The Kier molecular flexibility index (Phi) is 3.39. The first kappa shape index (κ1) is 11.3. The Morgan fingerprint density at radius 3 is 2.56 bits per heavy atom. The number of benzene rings is 1. The Morgan fingerprint density at radius 2 is 1.94 bits per heavy atom. The Bertz CT molecular complexity index is 358. The third kappa shape index (κ3) is 2.50. The second kappa shape index (κ2) is 4.79. The van der Waals surface area contributed by atoms with Gasteiger partial charge in [-0.15, -0.1) is 0 Å². The molecule has 2 heteroatoms. The van der Waals surface area contributed by atoms with E-state index in [0.29, 0.717) is 24.7 Å². The quantitative estimate of drug-likeness (QED) is 0.828. The highest BCUT2D eigenvalue weighted by Crippen LogP contribution is 2.34. The molecule has 2 nitrogen and oxygen atoms in total.